The summed E-state index contributed by atoms with van der Waals surface area (Å²) in [6.07, 6.45) is 0. The van der Waals surface area contributed by atoms with Crippen molar-refractivity contribution in [3.05, 3.63) is 40.5 Å². The van der Waals surface area contributed by atoms with Gasteiger partial charge in [0, 0.05) is 23.5 Å². The summed E-state index contributed by atoms with van der Waals surface area (Å²) < 4.78 is 0. The standard InChI is InChI=1S/C19H23N3OS/c1-5-22(10-11-23)18-17-16(15-8-6-12(2)7-9-15)13(3)24-19(17)21-14(4)20-18/h6-9,23H,5,10-11H2,1-4H3. The van der Waals surface area contributed by atoms with Gasteiger partial charge in [-0.3, -0.25) is 0 Å². The minimum atomic E-state index is 0.112. The summed E-state index contributed by atoms with van der Waals surface area (Å²) in [6, 6.07) is 8.60. The molecule has 2 heterocycles. The highest BCUT2D eigenvalue weighted by molar-refractivity contribution is 7.19. The Balaban J connectivity index is 2.29. The maximum absolute atomic E-state index is 9.41. The molecule has 3 aromatic rings. The highest BCUT2D eigenvalue weighted by Gasteiger charge is 2.20. The van der Waals surface area contributed by atoms with E-state index in [4.69, 9.17) is 4.98 Å². The Morgan fingerprint density at radius 3 is 2.42 bits per heavy atom. The first-order chi connectivity index (χ1) is 11.5. The van der Waals surface area contributed by atoms with Crippen molar-refractivity contribution in [2.45, 2.75) is 27.7 Å². The number of aryl methyl sites for hydroxylation is 3. The quantitative estimate of drug-likeness (QED) is 0.759. The molecule has 0 fully saturated rings. The molecule has 0 saturated heterocycles. The summed E-state index contributed by atoms with van der Waals surface area (Å²) in [5.41, 5.74) is 3.65. The van der Waals surface area contributed by atoms with Crippen LogP contribution in [0.5, 0.6) is 0 Å². The lowest BCUT2D eigenvalue weighted by atomic mass is 10.0. The van der Waals surface area contributed by atoms with Gasteiger partial charge < -0.3 is 10.0 Å². The molecule has 0 unspecified atom stereocenters. The highest BCUT2D eigenvalue weighted by Crippen LogP contribution is 2.41. The first kappa shape index (κ1) is 16.9. The minimum Gasteiger partial charge on any atom is -0.395 e. The SMILES string of the molecule is CCN(CCO)c1nc(C)nc2sc(C)c(-c3ccc(C)cc3)c12. The van der Waals surface area contributed by atoms with Gasteiger partial charge in [0.1, 0.15) is 16.5 Å². The van der Waals surface area contributed by atoms with E-state index in [1.807, 2.05) is 6.92 Å². The van der Waals surface area contributed by atoms with Gasteiger partial charge in [0.05, 0.1) is 12.0 Å². The first-order valence-corrected chi connectivity index (χ1v) is 9.07. The van der Waals surface area contributed by atoms with Gasteiger partial charge in [0.2, 0.25) is 0 Å². The van der Waals surface area contributed by atoms with Crippen molar-refractivity contribution >= 4 is 27.4 Å². The van der Waals surface area contributed by atoms with E-state index in [2.05, 4.69) is 54.9 Å². The number of likely N-dealkylation sites (N-methyl/N-ethyl adjacent to an activating group) is 1. The van der Waals surface area contributed by atoms with Crippen LogP contribution in [0.4, 0.5) is 5.82 Å². The summed E-state index contributed by atoms with van der Waals surface area (Å²) in [7, 11) is 0. The first-order valence-electron chi connectivity index (χ1n) is 8.25. The molecule has 3 rings (SSSR count). The second-order valence-corrected chi connectivity index (χ2v) is 7.18. The topological polar surface area (TPSA) is 49.2 Å². The van der Waals surface area contributed by atoms with E-state index in [9.17, 15) is 5.11 Å². The van der Waals surface area contributed by atoms with Crippen LogP contribution in [-0.2, 0) is 0 Å². The molecule has 1 N–H and O–H groups in total. The summed E-state index contributed by atoms with van der Waals surface area (Å²) in [5.74, 6) is 1.69. The van der Waals surface area contributed by atoms with E-state index in [0.29, 0.717) is 6.54 Å². The molecule has 0 aliphatic heterocycles. The fraction of sp³-hybridized carbons (Fsp3) is 0.368. The average Bonchev–Trinajstić information content (AvgIpc) is 2.88. The molecule has 126 valence electrons. The molecule has 0 radical (unpaired) electrons. The minimum absolute atomic E-state index is 0.112. The van der Waals surface area contributed by atoms with Crippen LogP contribution in [0.3, 0.4) is 0 Å². The fourth-order valence-corrected chi connectivity index (χ4v) is 4.11. The van der Waals surface area contributed by atoms with Gasteiger partial charge in [-0.2, -0.15) is 0 Å². The van der Waals surface area contributed by atoms with Crippen LogP contribution in [0, 0.1) is 20.8 Å². The Morgan fingerprint density at radius 1 is 1.08 bits per heavy atom. The Labute approximate surface area is 146 Å². The number of thiophene rings is 1. The van der Waals surface area contributed by atoms with Crippen LogP contribution in [0.15, 0.2) is 24.3 Å². The largest absolute Gasteiger partial charge is 0.395 e. The predicted molar refractivity (Wildman–Crippen MR) is 102 cm³/mol. The lowest BCUT2D eigenvalue weighted by Gasteiger charge is -2.22. The smallest absolute Gasteiger partial charge is 0.141 e. The lowest BCUT2D eigenvalue weighted by molar-refractivity contribution is 0.302. The number of aliphatic hydroxyl groups excluding tert-OH is 1. The van der Waals surface area contributed by atoms with E-state index in [1.54, 1.807) is 11.3 Å². The molecular weight excluding hydrogens is 318 g/mol. The van der Waals surface area contributed by atoms with Crippen LogP contribution in [0.1, 0.15) is 23.2 Å². The van der Waals surface area contributed by atoms with Gasteiger partial charge in [0.15, 0.2) is 0 Å². The van der Waals surface area contributed by atoms with E-state index in [1.165, 1.54) is 21.6 Å². The third kappa shape index (κ3) is 3.01. The molecule has 1 aromatic carbocycles. The van der Waals surface area contributed by atoms with Gasteiger partial charge >= 0.3 is 0 Å². The average molecular weight is 341 g/mol. The molecule has 0 aliphatic carbocycles. The van der Waals surface area contributed by atoms with Crippen molar-refractivity contribution < 1.29 is 5.11 Å². The van der Waals surface area contributed by atoms with Crippen LogP contribution >= 0.6 is 11.3 Å². The Kier molecular flexibility index (Phi) is 4.83. The number of aromatic nitrogens is 2. The maximum Gasteiger partial charge on any atom is 0.141 e. The molecule has 0 aliphatic rings. The zero-order chi connectivity index (χ0) is 17.3. The van der Waals surface area contributed by atoms with E-state index in [-0.39, 0.29) is 6.61 Å². The third-order valence-electron chi connectivity index (χ3n) is 4.21. The fourth-order valence-electron chi connectivity index (χ4n) is 3.03. The van der Waals surface area contributed by atoms with Gasteiger partial charge in [-0.25, -0.2) is 9.97 Å². The number of anilines is 1. The summed E-state index contributed by atoms with van der Waals surface area (Å²) in [4.78, 5) is 13.8. The maximum atomic E-state index is 9.41. The zero-order valence-corrected chi connectivity index (χ0v) is 15.4. The molecule has 0 amide bonds. The predicted octanol–water partition coefficient (Wildman–Crippen LogP) is 4.10. The monoisotopic (exact) mass is 341 g/mol. The molecule has 0 spiro atoms. The molecular formula is C19H23N3OS. The number of nitrogens with zero attached hydrogens (tertiary/aromatic N) is 3. The van der Waals surface area contributed by atoms with Crippen molar-refractivity contribution in [3.8, 4) is 11.1 Å². The molecule has 2 aromatic heterocycles. The Morgan fingerprint density at radius 2 is 1.79 bits per heavy atom. The molecule has 24 heavy (non-hydrogen) atoms. The highest BCUT2D eigenvalue weighted by atomic mass is 32.1. The van der Waals surface area contributed by atoms with E-state index >= 15 is 0 Å². The molecule has 0 atom stereocenters. The number of aliphatic hydroxyl groups is 1. The molecule has 0 saturated carbocycles. The number of hydrogen-bond donors (Lipinski definition) is 1. The van der Waals surface area contributed by atoms with Crippen molar-refractivity contribution in [1.29, 1.82) is 0 Å². The lowest BCUT2D eigenvalue weighted by Crippen LogP contribution is -2.27. The van der Waals surface area contributed by atoms with Crippen molar-refractivity contribution in [1.82, 2.24) is 9.97 Å². The molecule has 0 bridgehead atoms. The zero-order valence-electron chi connectivity index (χ0n) is 14.6. The van der Waals surface area contributed by atoms with Gasteiger partial charge in [0.25, 0.3) is 0 Å². The van der Waals surface area contributed by atoms with E-state index in [0.717, 1.165) is 28.4 Å². The molecule has 4 nitrogen and oxygen atoms in total. The third-order valence-corrected chi connectivity index (χ3v) is 5.21. The normalized spacial score (nSPS) is 11.2. The van der Waals surface area contributed by atoms with Crippen molar-refractivity contribution in [2.75, 3.05) is 24.6 Å². The van der Waals surface area contributed by atoms with Crippen LogP contribution in [-0.4, -0.2) is 34.8 Å². The Bertz CT molecular complexity index is 855. The van der Waals surface area contributed by atoms with Crippen LogP contribution in [0.2, 0.25) is 0 Å². The summed E-state index contributed by atoms with van der Waals surface area (Å²) >= 11 is 1.71. The number of hydrogen-bond acceptors (Lipinski definition) is 5. The van der Waals surface area contributed by atoms with Crippen molar-refractivity contribution in [3.63, 3.8) is 0 Å². The number of benzene rings is 1. The Hall–Kier alpha value is -1.98. The number of fused-ring (bicyclic) bond motifs is 1. The van der Waals surface area contributed by atoms with Crippen LogP contribution in [0.25, 0.3) is 21.3 Å². The van der Waals surface area contributed by atoms with Crippen molar-refractivity contribution in [2.24, 2.45) is 0 Å². The molecule has 5 heteroatoms. The summed E-state index contributed by atoms with van der Waals surface area (Å²) in [6.45, 7) is 9.74. The number of rotatable bonds is 5. The van der Waals surface area contributed by atoms with E-state index < -0.39 is 0 Å². The second-order valence-electron chi connectivity index (χ2n) is 5.98. The van der Waals surface area contributed by atoms with Gasteiger partial charge in [-0.1, -0.05) is 29.8 Å². The van der Waals surface area contributed by atoms with Gasteiger partial charge in [-0.15, -0.1) is 11.3 Å². The van der Waals surface area contributed by atoms with Gasteiger partial charge in [-0.05, 0) is 33.3 Å². The second kappa shape index (κ2) is 6.87. The van der Waals surface area contributed by atoms with Crippen LogP contribution < -0.4 is 4.90 Å². The summed E-state index contributed by atoms with van der Waals surface area (Å²) in [5, 5.41) is 10.5.